The van der Waals surface area contributed by atoms with Crippen LogP contribution in [-0.4, -0.2) is 34.1 Å². The highest BCUT2D eigenvalue weighted by molar-refractivity contribution is 5.17. The standard InChI is InChI=1S/C15H19FN4/c1-19-7-6-18-15(19)14-10-17-5-8-20(14)11-12-3-2-4-13(16)9-12/h2-4,6-7,9,14,17H,5,8,10-11H2,1H3. The predicted molar refractivity (Wildman–Crippen MR) is 75.6 cm³/mol. The van der Waals surface area contributed by atoms with E-state index in [1.807, 2.05) is 25.5 Å². The van der Waals surface area contributed by atoms with Gasteiger partial charge in [0, 0.05) is 45.6 Å². The van der Waals surface area contributed by atoms with Crippen LogP contribution >= 0.6 is 0 Å². The van der Waals surface area contributed by atoms with Crippen LogP contribution in [0.25, 0.3) is 0 Å². The van der Waals surface area contributed by atoms with Gasteiger partial charge in [0.15, 0.2) is 0 Å². The van der Waals surface area contributed by atoms with Gasteiger partial charge in [-0.25, -0.2) is 9.37 Å². The van der Waals surface area contributed by atoms with Gasteiger partial charge in [-0.05, 0) is 17.7 Å². The lowest BCUT2D eigenvalue weighted by Crippen LogP contribution is -2.46. The second kappa shape index (κ2) is 5.73. The molecule has 1 saturated heterocycles. The zero-order chi connectivity index (χ0) is 13.9. The first-order valence-electron chi connectivity index (χ1n) is 6.90. The van der Waals surface area contributed by atoms with Crippen molar-refractivity contribution < 1.29 is 4.39 Å². The maximum Gasteiger partial charge on any atom is 0.127 e. The molecule has 1 aromatic heterocycles. The highest BCUT2D eigenvalue weighted by atomic mass is 19.1. The maximum absolute atomic E-state index is 13.3. The van der Waals surface area contributed by atoms with Crippen LogP contribution in [0.4, 0.5) is 4.39 Å². The molecule has 1 fully saturated rings. The molecule has 2 heterocycles. The minimum atomic E-state index is -0.175. The molecule has 1 N–H and O–H groups in total. The SMILES string of the molecule is Cn1ccnc1C1CNCCN1Cc1cccc(F)c1. The van der Waals surface area contributed by atoms with E-state index in [0.29, 0.717) is 0 Å². The number of hydrogen-bond acceptors (Lipinski definition) is 3. The molecule has 0 spiro atoms. The average molecular weight is 274 g/mol. The Kier molecular flexibility index (Phi) is 3.80. The lowest BCUT2D eigenvalue weighted by atomic mass is 10.1. The normalized spacial score (nSPS) is 20.2. The van der Waals surface area contributed by atoms with Crippen molar-refractivity contribution in [1.29, 1.82) is 0 Å². The summed E-state index contributed by atoms with van der Waals surface area (Å²) < 4.78 is 15.4. The highest BCUT2D eigenvalue weighted by Gasteiger charge is 2.26. The van der Waals surface area contributed by atoms with Gasteiger partial charge >= 0.3 is 0 Å². The second-order valence-electron chi connectivity index (χ2n) is 5.22. The van der Waals surface area contributed by atoms with Crippen molar-refractivity contribution in [3.8, 4) is 0 Å². The second-order valence-corrected chi connectivity index (χ2v) is 5.22. The third-order valence-corrected chi connectivity index (χ3v) is 3.79. The number of halogens is 1. The Morgan fingerprint density at radius 3 is 3.10 bits per heavy atom. The fourth-order valence-electron chi connectivity index (χ4n) is 2.76. The number of benzene rings is 1. The quantitative estimate of drug-likeness (QED) is 0.925. The fourth-order valence-corrected chi connectivity index (χ4v) is 2.76. The Bertz CT molecular complexity index is 581. The number of nitrogens with zero attached hydrogens (tertiary/aromatic N) is 3. The highest BCUT2D eigenvalue weighted by Crippen LogP contribution is 2.22. The number of aromatic nitrogens is 2. The van der Waals surface area contributed by atoms with E-state index in [4.69, 9.17) is 0 Å². The van der Waals surface area contributed by atoms with Crippen molar-refractivity contribution in [3.05, 3.63) is 53.9 Å². The molecule has 3 rings (SSSR count). The van der Waals surface area contributed by atoms with Crippen LogP contribution in [0, 0.1) is 5.82 Å². The summed E-state index contributed by atoms with van der Waals surface area (Å²) in [7, 11) is 2.01. The molecular formula is C15H19FN4. The van der Waals surface area contributed by atoms with Crippen molar-refractivity contribution in [2.75, 3.05) is 19.6 Å². The Morgan fingerprint density at radius 1 is 1.45 bits per heavy atom. The Labute approximate surface area is 118 Å². The third kappa shape index (κ3) is 2.73. The summed E-state index contributed by atoms with van der Waals surface area (Å²) in [5, 5.41) is 3.41. The Morgan fingerprint density at radius 2 is 2.35 bits per heavy atom. The molecule has 1 atom stereocenters. The van der Waals surface area contributed by atoms with E-state index in [9.17, 15) is 4.39 Å². The van der Waals surface area contributed by atoms with E-state index in [1.54, 1.807) is 12.1 Å². The number of piperazine rings is 1. The van der Waals surface area contributed by atoms with Gasteiger partial charge in [-0.1, -0.05) is 12.1 Å². The van der Waals surface area contributed by atoms with Crippen LogP contribution < -0.4 is 5.32 Å². The minimum Gasteiger partial charge on any atom is -0.337 e. The Balaban J connectivity index is 1.81. The van der Waals surface area contributed by atoms with Gasteiger partial charge in [-0.2, -0.15) is 0 Å². The van der Waals surface area contributed by atoms with Crippen LogP contribution in [0.5, 0.6) is 0 Å². The molecule has 1 unspecified atom stereocenters. The van der Waals surface area contributed by atoms with Gasteiger partial charge in [0.2, 0.25) is 0 Å². The van der Waals surface area contributed by atoms with Crippen molar-refractivity contribution in [2.45, 2.75) is 12.6 Å². The molecule has 4 nitrogen and oxygen atoms in total. The van der Waals surface area contributed by atoms with E-state index < -0.39 is 0 Å². The molecule has 2 aromatic rings. The van der Waals surface area contributed by atoms with Crippen molar-refractivity contribution >= 4 is 0 Å². The number of hydrogen-bond donors (Lipinski definition) is 1. The zero-order valence-electron chi connectivity index (χ0n) is 11.6. The first-order chi connectivity index (χ1) is 9.74. The molecule has 1 aromatic carbocycles. The number of imidazole rings is 1. The minimum absolute atomic E-state index is 0.175. The van der Waals surface area contributed by atoms with Gasteiger partial charge in [0.25, 0.3) is 0 Å². The van der Waals surface area contributed by atoms with Gasteiger partial charge in [-0.15, -0.1) is 0 Å². The lowest BCUT2D eigenvalue weighted by molar-refractivity contribution is 0.144. The summed E-state index contributed by atoms with van der Waals surface area (Å²) in [4.78, 5) is 6.81. The van der Waals surface area contributed by atoms with Gasteiger partial charge in [0.05, 0.1) is 6.04 Å². The summed E-state index contributed by atoms with van der Waals surface area (Å²) in [6.07, 6.45) is 3.79. The summed E-state index contributed by atoms with van der Waals surface area (Å²) in [6, 6.07) is 7.06. The van der Waals surface area contributed by atoms with E-state index in [-0.39, 0.29) is 11.9 Å². The molecule has 0 amide bonds. The van der Waals surface area contributed by atoms with Crippen LogP contribution in [0.2, 0.25) is 0 Å². The first-order valence-corrected chi connectivity index (χ1v) is 6.90. The van der Waals surface area contributed by atoms with Crippen LogP contribution in [0.3, 0.4) is 0 Å². The van der Waals surface area contributed by atoms with E-state index in [1.165, 1.54) is 6.07 Å². The predicted octanol–water partition coefficient (Wildman–Crippen LogP) is 1.71. The summed E-state index contributed by atoms with van der Waals surface area (Å²) in [5.74, 6) is 0.875. The molecule has 106 valence electrons. The van der Waals surface area contributed by atoms with Gasteiger partial charge < -0.3 is 9.88 Å². The molecule has 0 bridgehead atoms. The van der Waals surface area contributed by atoms with Crippen LogP contribution in [0.1, 0.15) is 17.4 Å². The summed E-state index contributed by atoms with van der Waals surface area (Å²) in [6.45, 7) is 3.52. The first kappa shape index (κ1) is 13.3. The molecule has 0 saturated carbocycles. The van der Waals surface area contributed by atoms with E-state index >= 15 is 0 Å². The lowest BCUT2D eigenvalue weighted by Gasteiger charge is -2.35. The van der Waals surface area contributed by atoms with Crippen molar-refractivity contribution in [2.24, 2.45) is 7.05 Å². The van der Waals surface area contributed by atoms with Crippen molar-refractivity contribution in [3.63, 3.8) is 0 Å². The monoisotopic (exact) mass is 274 g/mol. The van der Waals surface area contributed by atoms with Crippen molar-refractivity contribution in [1.82, 2.24) is 19.8 Å². The molecular weight excluding hydrogens is 255 g/mol. The Hall–Kier alpha value is -1.72. The number of rotatable bonds is 3. The largest absolute Gasteiger partial charge is 0.337 e. The average Bonchev–Trinajstić information content (AvgIpc) is 2.86. The molecule has 1 aliphatic rings. The molecule has 1 aliphatic heterocycles. The third-order valence-electron chi connectivity index (χ3n) is 3.79. The zero-order valence-corrected chi connectivity index (χ0v) is 11.6. The topological polar surface area (TPSA) is 33.1 Å². The fraction of sp³-hybridized carbons (Fsp3) is 0.400. The van der Waals surface area contributed by atoms with Gasteiger partial charge in [-0.3, -0.25) is 4.90 Å². The molecule has 0 aliphatic carbocycles. The number of aryl methyl sites for hydroxylation is 1. The van der Waals surface area contributed by atoms with Crippen LogP contribution in [0.15, 0.2) is 36.7 Å². The van der Waals surface area contributed by atoms with Gasteiger partial charge in [0.1, 0.15) is 11.6 Å². The summed E-state index contributed by atoms with van der Waals surface area (Å²) in [5.41, 5.74) is 1.01. The molecule has 0 radical (unpaired) electrons. The maximum atomic E-state index is 13.3. The summed E-state index contributed by atoms with van der Waals surface area (Å²) >= 11 is 0. The van der Waals surface area contributed by atoms with Crippen LogP contribution in [-0.2, 0) is 13.6 Å². The van der Waals surface area contributed by atoms with E-state index in [2.05, 4.69) is 19.8 Å². The molecule has 20 heavy (non-hydrogen) atoms. The molecule has 5 heteroatoms. The van der Waals surface area contributed by atoms with E-state index in [0.717, 1.165) is 37.6 Å². The number of nitrogens with one attached hydrogen (secondary N) is 1. The smallest absolute Gasteiger partial charge is 0.127 e.